The lowest BCUT2D eigenvalue weighted by Gasteiger charge is -2.14. The lowest BCUT2D eigenvalue weighted by molar-refractivity contribution is 0.206. The van der Waals surface area contributed by atoms with Gasteiger partial charge in [0.05, 0.1) is 0 Å². The minimum Gasteiger partial charge on any atom is -0.463 e. The molecule has 3 aromatic rings. The van der Waals surface area contributed by atoms with Gasteiger partial charge in [-0.05, 0) is 60.2 Å². The third-order valence-corrected chi connectivity index (χ3v) is 5.24. The van der Waals surface area contributed by atoms with Crippen molar-refractivity contribution in [3.63, 3.8) is 0 Å². The molecule has 0 saturated carbocycles. The van der Waals surface area contributed by atoms with E-state index in [0.717, 1.165) is 27.6 Å². The lowest BCUT2D eigenvalue weighted by atomic mass is 9.94. The van der Waals surface area contributed by atoms with Crippen molar-refractivity contribution in [3.05, 3.63) is 76.8 Å². The van der Waals surface area contributed by atoms with Gasteiger partial charge < -0.3 is 5.11 Å². The average molecular weight is 390 g/mol. The second kappa shape index (κ2) is 7.88. The summed E-state index contributed by atoms with van der Waals surface area (Å²) >= 11 is 12.3. The summed E-state index contributed by atoms with van der Waals surface area (Å²) in [6.07, 6.45) is -1.15. The molecule has 0 aliphatic carbocycles. The first kappa shape index (κ1) is 17.8. The molecule has 6 heteroatoms. The molecule has 3 nitrogen and oxygen atoms in total. The van der Waals surface area contributed by atoms with Crippen LogP contribution in [0.1, 0.15) is 0 Å². The summed E-state index contributed by atoms with van der Waals surface area (Å²) in [4.78, 5) is 10.9. The molecule has 126 valence electrons. The molecule has 0 heterocycles. The van der Waals surface area contributed by atoms with Crippen LogP contribution in [0.2, 0.25) is 10.0 Å². The Labute approximate surface area is 156 Å². The lowest BCUT2D eigenvalue weighted by Crippen LogP contribution is -2.01. The zero-order valence-corrected chi connectivity index (χ0v) is 15.7. The Morgan fingerprint density at radius 1 is 0.880 bits per heavy atom. The molecule has 0 spiro atoms. The van der Waals surface area contributed by atoms with Gasteiger partial charge in [0.25, 0.3) is 0 Å². The van der Waals surface area contributed by atoms with E-state index in [1.54, 1.807) is 6.07 Å². The van der Waals surface area contributed by atoms with Gasteiger partial charge in [-0.25, -0.2) is 4.79 Å². The molecule has 1 atom stereocenters. The fourth-order valence-corrected chi connectivity index (χ4v) is 3.94. The predicted molar refractivity (Wildman–Crippen MR) is 107 cm³/mol. The largest absolute Gasteiger partial charge is 0.463 e. The highest BCUT2D eigenvalue weighted by atomic mass is 35.5. The smallest absolute Gasteiger partial charge is 0.429 e. The fraction of sp³-hybridized carbons (Fsp3) is 0. The molecule has 3 aromatic carbocycles. The van der Waals surface area contributed by atoms with E-state index in [1.165, 1.54) is 0 Å². The van der Waals surface area contributed by atoms with E-state index in [4.69, 9.17) is 28.3 Å². The van der Waals surface area contributed by atoms with Crippen molar-refractivity contribution in [2.45, 2.75) is 0 Å². The molecule has 3 rings (SSSR count). The molecule has 1 N–H and O–H groups in total. The Hall–Kier alpha value is -2.06. The minimum absolute atomic E-state index is 0.620. The number of carboxylic acid groups (broad SMARTS) is 1. The summed E-state index contributed by atoms with van der Waals surface area (Å²) in [6.45, 7) is 0. The van der Waals surface area contributed by atoms with Crippen LogP contribution in [0.15, 0.2) is 71.5 Å². The van der Waals surface area contributed by atoms with E-state index < -0.39 is 14.5 Å². The van der Waals surface area contributed by atoms with Gasteiger partial charge >= 0.3 is 6.09 Å². The van der Waals surface area contributed by atoms with E-state index in [1.807, 2.05) is 60.7 Å². The van der Waals surface area contributed by atoms with Gasteiger partial charge in [0.15, 0.2) is 0 Å². The fourth-order valence-electron chi connectivity index (χ4n) is 2.67. The van der Waals surface area contributed by atoms with Crippen molar-refractivity contribution >= 4 is 43.0 Å². The topological polar surface area (TPSA) is 49.7 Å². The first-order valence-electron chi connectivity index (χ1n) is 7.46. The van der Waals surface area contributed by atoms with Gasteiger partial charge in [-0.1, -0.05) is 65.7 Å². The van der Waals surface area contributed by atoms with Crippen molar-refractivity contribution in [3.8, 4) is 22.3 Å². The number of halogens is 2. The second-order valence-electron chi connectivity index (χ2n) is 5.33. The summed E-state index contributed by atoms with van der Waals surface area (Å²) in [6, 6.07) is 20.9. The Kier molecular flexibility index (Phi) is 5.60. The molecular formula is C19H14Cl2NO2P. The molecular weight excluding hydrogens is 376 g/mol. The molecule has 0 saturated heterocycles. The molecule has 25 heavy (non-hydrogen) atoms. The van der Waals surface area contributed by atoms with Crippen LogP contribution in [0.4, 0.5) is 4.79 Å². The summed E-state index contributed by atoms with van der Waals surface area (Å²) in [5.41, 5.74) is 3.79. The third kappa shape index (κ3) is 4.32. The molecule has 0 bridgehead atoms. The van der Waals surface area contributed by atoms with Crippen LogP contribution in [0.3, 0.4) is 0 Å². The van der Waals surface area contributed by atoms with E-state index in [0.29, 0.717) is 10.0 Å². The van der Waals surface area contributed by atoms with E-state index in [9.17, 15) is 4.79 Å². The van der Waals surface area contributed by atoms with Crippen molar-refractivity contribution in [2.24, 2.45) is 4.74 Å². The van der Waals surface area contributed by atoms with E-state index >= 15 is 0 Å². The molecule has 0 aliphatic heterocycles. The number of rotatable bonds is 3. The first-order chi connectivity index (χ1) is 12.0. The number of amides is 1. The highest BCUT2D eigenvalue weighted by molar-refractivity contribution is 7.37. The van der Waals surface area contributed by atoms with Crippen LogP contribution in [0.25, 0.3) is 22.3 Å². The zero-order chi connectivity index (χ0) is 17.8. The molecule has 1 unspecified atom stereocenters. The van der Waals surface area contributed by atoms with Gasteiger partial charge in [0, 0.05) is 10.0 Å². The van der Waals surface area contributed by atoms with Crippen molar-refractivity contribution < 1.29 is 9.90 Å². The standard InChI is InChI=1S/C19H14Cl2NO2P/c20-14-6-1-4-12(10-14)16-8-3-9-17(25-22-19(23)24)18(16)13-5-2-7-15(21)11-13/h1-11H,25H2,(H,23,24). The van der Waals surface area contributed by atoms with Crippen LogP contribution >= 0.6 is 31.6 Å². The Bertz CT molecular complexity index is 973. The summed E-state index contributed by atoms with van der Waals surface area (Å²) in [5, 5.41) is 11.1. The summed E-state index contributed by atoms with van der Waals surface area (Å²) in [5.74, 6) is 0. The molecule has 1 amide bonds. The number of hydrogen-bond donors (Lipinski definition) is 1. The summed E-state index contributed by atoms with van der Waals surface area (Å²) < 4.78 is 3.70. The first-order valence-corrected chi connectivity index (χ1v) is 9.31. The monoisotopic (exact) mass is 389 g/mol. The average Bonchev–Trinajstić information content (AvgIpc) is 2.59. The predicted octanol–water partition coefficient (Wildman–Crippen LogP) is 6.23. The molecule has 0 aromatic heterocycles. The van der Waals surface area contributed by atoms with E-state index in [2.05, 4.69) is 4.74 Å². The van der Waals surface area contributed by atoms with Gasteiger partial charge in [-0.15, -0.1) is 0 Å². The Morgan fingerprint density at radius 2 is 1.48 bits per heavy atom. The second-order valence-corrected chi connectivity index (χ2v) is 7.34. The highest BCUT2D eigenvalue weighted by Gasteiger charge is 2.12. The van der Waals surface area contributed by atoms with Gasteiger partial charge in [-0.3, -0.25) is 0 Å². The van der Waals surface area contributed by atoms with Crippen LogP contribution in [-0.2, 0) is 0 Å². The van der Waals surface area contributed by atoms with Gasteiger partial charge in [-0.2, -0.15) is 4.74 Å². The minimum atomic E-state index is -1.15. The maximum absolute atomic E-state index is 10.9. The maximum atomic E-state index is 10.9. The SMILES string of the molecule is O=C(O)N=[PH2]c1cccc(-c2cccc(Cl)c2)c1-c1cccc(Cl)c1. The van der Waals surface area contributed by atoms with Crippen molar-refractivity contribution in [1.82, 2.24) is 0 Å². The van der Waals surface area contributed by atoms with Crippen LogP contribution in [-0.4, -0.2) is 11.2 Å². The van der Waals surface area contributed by atoms with Crippen LogP contribution in [0, 0.1) is 0 Å². The summed E-state index contributed by atoms with van der Waals surface area (Å²) in [7, 11) is -0.768. The number of hydrogen-bond acceptors (Lipinski definition) is 1. The Balaban J connectivity index is 2.28. The Morgan fingerprint density at radius 3 is 2.12 bits per heavy atom. The quantitative estimate of drug-likeness (QED) is 0.540. The molecule has 0 fully saturated rings. The highest BCUT2D eigenvalue weighted by Crippen LogP contribution is 2.34. The van der Waals surface area contributed by atoms with Crippen LogP contribution < -0.4 is 5.30 Å². The number of nitrogens with zero attached hydrogens (tertiary/aromatic N) is 1. The zero-order valence-electron chi connectivity index (χ0n) is 13.0. The number of benzene rings is 3. The third-order valence-electron chi connectivity index (χ3n) is 3.66. The van der Waals surface area contributed by atoms with Crippen molar-refractivity contribution in [2.75, 3.05) is 0 Å². The van der Waals surface area contributed by atoms with Gasteiger partial charge in [0.1, 0.15) is 0 Å². The molecule has 0 aliphatic rings. The van der Waals surface area contributed by atoms with E-state index in [-0.39, 0.29) is 0 Å². The van der Waals surface area contributed by atoms with Crippen molar-refractivity contribution in [1.29, 1.82) is 0 Å². The maximum Gasteiger partial charge on any atom is 0.429 e. The number of carbonyl (C=O) groups is 1. The van der Waals surface area contributed by atoms with Gasteiger partial charge in [0.2, 0.25) is 0 Å². The molecule has 0 radical (unpaired) electrons. The van der Waals surface area contributed by atoms with Crippen LogP contribution in [0.5, 0.6) is 0 Å². The normalized spacial score (nSPS) is 11.3.